The molecule has 2 N–H and O–H groups in total. The largest absolute Gasteiger partial charge is 0.416 e. The second kappa shape index (κ2) is 9.73. The molecule has 1 aromatic heterocycles. The summed E-state index contributed by atoms with van der Waals surface area (Å²) in [4.78, 5) is 30.4. The van der Waals surface area contributed by atoms with E-state index in [0.717, 1.165) is 12.1 Å². The van der Waals surface area contributed by atoms with Gasteiger partial charge in [0.25, 0.3) is 5.91 Å². The van der Waals surface area contributed by atoms with Crippen molar-refractivity contribution in [1.82, 2.24) is 20.3 Å². The number of carbonyl (C=O) groups excluding carboxylic acids is 2. The van der Waals surface area contributed by atoms with Gasteiger partial charge in [-0.05, 0) is 42.3 Å². The van der Waals surface area contributed by atoms with Gasteiger partial charge in [-0.15, -0.1) is 5.10 Å². The van der Waals surface area contributed by atoms with E-state index in [-0.39, 0.29) is 11.5 Å². The topological polar surface area (TPSA) is 101 Å². The standard InChI is InChI=1S/C27H23F3N6O2/c1-15-22(33-16(2)23(15)26(38)31-9-11-36-12-10-32-35-36)14-20-24-19(7-4-8-21(24)34-25(20)37)17-5-3-6-18(13-17)27(28,29)30/h3-8,10,12-15H,9,11H2,1-2H3,(H,31,38)(H,34,37). The molecular weight excluding hydrogens is 497 g/mol. The SMILES string of the molecule is CC1=C(C(=O)NCCn2ccnn2)C(C)C(C=C2C(=O)Nc3cccc(-c4cccc(C(F)(F)F)c4)c32)=N1. The van der Waals surface area contributed by atoms with E-state index in [0.29, 0.717) is 52.4 Å². The summed E-state index contributed by atoms with van der Waals surface area (Å²) in [7, 11) is 0. The lowest BCUT2D eigenvalue weighted by molar-refractivity contribution is -0.137. The highest BCUT2D eigenvalue weighted by Crippen LogP contribution is 2.42. The fraction of sp³-hybridized carbons (Fsp3) is 0.222. The first-order valence-electron chi connectivity index (χ1n) is 11.9. The second-order valence-electron chi connectivity index (χ2n) is 9.00. The molecule has 0 aliphatic carbocycles. The third kappa shape index (κ3) is 4.74. The Bertz CT molecular complexity index is 1520. The zero-order valence-corrected chi connectivity index (χ0v) is 20.5. The minimum Gasteiger partial charge on any atom is -0.350 e. The second-order valence-corrected chi connectivity index (χ2v) is 9.00. The van der Waals surface area contributed by atoms with E-state index < -0.39 is 23.6 Å². The molecule has 0 radical (unpaired) electrons. The third-order valence-corrected chi connectivity index (χ3v) is 6.53. The molecular formula is C27H23F3N6O2. The van der Waals surface area contributed by atoms with Crippen LogP contribution in [-0.4, -0.2) is 39.1 Å². The Balaban J connectivity index is 1.42. The zero-order chi connectivity index (χ0) is 27.0. The van der Waals surface area contributed by atoms with Crippen molar-refractivity contribution in [3.63, 3.8) is 0 Å². The van der Waals surface area contributed by atoms with E-state index in [1.54, 1.807) is 54.3 Å². The number of benzene rings is 2. The molecule has 11 heteroatoms. The number of anilines is 1. The van der Waals surface area contributed by atoms with E-state index in [4.69, 9.17) is 0 Å². The summed E-state index contributed by atoms with van der Waals surface area (Å²) in [5.74, 6) is -1.06. The molecule has 38 heavy (non-hydrogen) atoms. The average Bonchev–Trinajstić information content (AvgIpc) is 3.57. The van der Waals surface area contributed by atoms with Gasteiger partial charge in [0.05, 0.1) is 23.9 Å². The number of carbonyl (C=O) groups is 2. The number of aromatic nitrogens is 3. The fourth-order valence-electron chi connectivity index (χ4n) is 4.70. The van der Waals surface area contributed by atoms with Gasteiger partial charge in [-0.2, -0.15) is 13.2 Å². The molecule has 2 aromatic carbocycles. The third-order valence-electron chi connectivity index (χ3n) is 6.53. The van der Waals surface area contributed by atoms with Gasteiger partial charge in [0, 0.05) is 46.9 Å². The van der Waals surface area contributed by atoms with Crippen molar-refractivity contribution in [2.45, 2.75) is 26.6 Å². The molecule has 0 spiro atoms. The number of hydrogen-bond acceptors (Lipinski definition) is 5. The summed E-state index contributed by atoms with van der Waals surface area (Å²) in [6, 6.07) is 10.1. The van der Waals surface area contributed by atoms with Gasteiger partial charge in [-0.25, -0.2) is 0 Å². The lowest BCUT2D eigenvalue weighted by Crippen LogP contribution is -2.31. The first-order chi connectivity index (χ1) is 18.1. The molecule has 0 fully saturated rings. The van der Waals surface area contributed by atoms with Crippen molar-refractivity contribution in [3.05, 3.63) is 83.3 Å². The molecule has 194 valence electrons. The smallest absolute Gasteiger partial charge is 0.350 e. The summed E-state index contributed by atoms with van der Waals surface area (Å²) in [5, 5.41) is 13.2. The van der Waals surface area contributed by atoms with Gasteiger partial charge in [0.15, 0.2) is 0 Å². The van der Waals surface area contributed by atoms with Gasteiger partial charge in [-0.3, -0.25) is 19.3 Å². The van der Waals surface area contributed by atoms with E-state index in [2.05, 4.69) is 25.9 Å². The van der Waals surface area contributed by atoms with Crippen molar-refractivity contribution in [1.29, 1.82) is 0 Å². The van der Waals surface area contributed by atoms with E-state index >= 15 is 0 Å². The number of nitrogens with zero attached hydrogens (tertiary/aromatic N) is 4. The molecule has 2 aliphatic heterocycles. The Morgan fingerprint density at radius 3 is 2.74 bits per heavy atom. The first kappa shape index (κ1) is 25.1. The molecule has 0 saturated heterocycles. The van der Waals surface area contributed by atoms with Crippen molar-refractivity contribution < 1.29 is 22.8 Å². The highest BCUT2D eigenvalue weighted by molar-refractivity contribution is 6.36. The van der Waals surface area contributed by atoms with Crippen LogP contribution in [0.25, 0.3) is 16.7 Å². The van der Waals surface area contributed by atoms with Crippen molar-refractivity contribution >= 4 is 28.8 Å². The van der Waals surface area contributed by atoms with Gasteiger partial charge >= 0.3 is 6.18 Å². The van der Waals surface area contributed by atoms with Gasteiger partial charge < -0.3 is 10.6 Å². The number of amides is 2. The normalized spacial score (nSPS) is 18.0. The van der Waals surface area contributed by atoms with Crippen LogP contribution in [0.15, 0.2) is 77.2 Å². The average molecular weight is 521 g/mol. The van der Waals surface area contributed by atoms with Gasteiger partial charge in [-0.1, -0.05) is 36.4 Å². The molecule has 3 heterocycles. The minimum atomic E-state index is -4.50. The van der Waals surface area contributed by atoms with Crippen LogP contribution in [0.1, 0.15) is 25.0 Å². The maximum atomic E-state index is 13.4. The zero-order valence-electron chi connectivity index (χ0n) is 20.5. The van der Waals surface area contributed by atoms with Crippen LogP contribution in [0.3, 0.4) is 0 Å². The quantitative estimate of drug-likeness (QED) is 0.468. The van der Waals surface area contributed by atoms with Crippen LogP contribution in [0.5, 0.6) is 0 Å². The van der Waals surface area contributed by atoms with Crippen LogP contribution >= 0.6 is 0 Å². The first-order valence-corrected chi connectivity index (χ1v) is 11.9. The molecule has 8 nitrogen and oxygen atoms in total. The predicted molar refractivity (Wildman–Crippen MR) is 136 cm³/mol. The Labute approximate surface area is 216 Å². The number of halogens is 3. The summed E-state index contributed by atoms with van der Waals surface area (Å²) in [6.45, 7) is 4.36. The number of fused-ring (bicyclic) bond motifs is 1. The predicted octanol–water partition coefficient (Wildman–Crippen LogP) is 4.48. The number of aliphatic imine (C=N–C) groups is 1. The highest BCUT2D eigenvalue weighted by Gasteiger charge is 2.34. The fourth-order valence-corrected chi connectivity index (χ4v) is 4.70. The summed E-state index contributed by atoms with van der Waals surface area (Å²) in [5.41, 5.74) is 2.85. The van der Waals surface area contributed by atoms with Crippen molar-refractivity contribution in [3.8, 4) is 11.1 Å². The van der Waals surface area contributed by atoms with Crippen LogP contribution in [-0.2, 0) is 22.3 Å². The molecule has 2 amide bonds. The monoisotopic (exact) mass is 520 g/mol. The number of alkyl halides is 3. The van der Waals surface area contributed by atoms with Gasteiger partial charge in [0.2, 0.25) is 5.91 Å². The minimum absolute atomic E-state index is 0.270. The van der Waals surface area contributed by atoms with Crippen LogP contribution in [0.4, 0.5) is 18.9 Å². The Kier molecular flexibility index (Phi) is 6.43. The van der Waals surface area contributed by atoms with E-state index in [1.807, 2.05) is 6.92 Å². The Morgan fingerprint density at radius 1 is 1.21 bits per heavy atom. The highest BCUT2D eigenvalue weighted by atomic mass is 19.4. The lowest BCUT2D eigenvalue weighted by Gasteiger charge is -2.13. The molecule has 3 aromatic rings. The van der Waals surface area contributed by atoms with Crippen LogP contribution < -0.4 is 10.6 Å². The lowest BCUT2D eigenvalue weighted by atomic mass is 9.91. The molecule has 1 atom stereocenters. The number of hydrogen-bond donors (Lipinski definition) is 2. The maximum Gasteiger partial charge on any atom is 0.416 e. The molecule has 0 bridgehead atoms. The van der Waals surface area contributed by atoms with Crippen LogP contribution in [0, 0.1) is 5.92 Å². The summed E-state index contributed by atoms with van der Waals surface area (Å²) < 4.78 is 41.7. The number of rotatable bonds is 6. The Morgan fingerprint density at radius 2 is 2.00 bits per heavy atom. The molecule has 1 unspecified atom stereocenters. The van der Waals surface area contributed by atoms with Gasteiger partial charge in [0.1, 0.15) is 0 Å². The molecule has 0 saturated carbocycles. The van der Waals surface area contributed by atoms with Crippen molar-refractivity contribution in [2.24, 2.45) is 10.9 Å². The molecule has 5 rings (SSSR count). The van der Waals surface area contributed by atoms with E-state index in [1.165, 1.54) is 6.07 Å². The Hall–Kier alpha value is -4.54. The molecule has 2 aliphatic rings. The number of allylic oxidation sites excluding steroid dienone is 2. The maximum absolute atomic E-state index is 13.4. The summed E-state index contributed by atoms with van der Waals surface area (Å²) >= 11 is 0. The van der Waals surface area contributed by atoms with Crippen molar-refractivity contribution in [2.75, 3.05) is 11.9 Å². The number of nitrogens with one attached hydrogen (secondary N) is 2. The van der Waals surface area contributed by atoms with E-state index in [9.17, 15) is 22.8 Å². The van der Waals surface area contributed by atoms with Crippen LogP contribution in [0.2, 0.25) is 0 Å². The summed E-state index contributed by atoms with van der Waals surface area (Å²) in [6.07, 6.45) is 0.365.